The zero-order chi connectivity index (χ0) is 13.3. The van der Waals surface area contributed by atoms with Gasteiger partial charge in [0.15, 0.2) is 0 Å². The molecule has 94 valence electrons. The average Bonchev–Trinajstić information content (AvgIpc) is 2.66. The number of methoxy groups -OCH3 is 1. The highest BCUT2D eigenvalue weighted by Gasteiger charge is 2.21. The third-order valence-electron chi connectivity index (χ3n) is 2.65. The van der Waals surface area contributed by atoms with Gasteiger partial charge in [-0.25, -0.2) is 4.79 Å². The minimum Gasteiger partial charge on any atom is -0.497 e. The molecule has 0 aliphatic heterocycles. The molecule has 0 atom stereocenters. The molecule has 18 heavy (non-hydrogen) atoms. The Hall–Kier alpha value is -2.50. The third-order valence-corrected chi connectivity index (χ3v) is 2.65. The fourth-order valence-electron chi connectivity index (χ4n) is 1.72. The number of nitrogens with zero attached hydrogens (tertiary/aromatic N) is 2. The largest absolute Gasteiger partial charge is 0.497 e. The maximum Gasteiger partial charge on any atom is 0.341 e. The number of carboxylic acid groups (broad SMARTS) is 1. The average molecular weight is 247 g/mol. The summed E-state index contributed by atoms with van der Waals surface area (Å²) in [4.78, 5) is 11.2. The molecule has 0 aliphatic rings. The summed E-state index contributed by atoms with van der Waals surface area (Å²) in [5, 5.41) is 13.3. The van der Waals surface area contributed by atoms with E-state index in [4.69, 9.17) is 10.5 Å². The van der Waals surface area contributed by atoms with Crippen LogP contribution in [0.25, 0.3) is 11.3 Å². The van der Waals surface area contributed by atoms with Crippen LogP contribution in [0.4, 0.5) is 5.82 Å². The van der Waals surface area contributed by atoms with E-state index in [1.807, 2.05) is 0 Å². The highest BCUT2D eigenvalue weighted by Crippen LogP contribution is 2.28. The van der Waals surface area contributed by atoms with Crippen molar-refractivity contribution in [2.45, 2.75) is 0 Å². The number of carbonyl (C=O) groups is 1. The molecule has 0 radical (unpaired) electrons. The van der Waals surface area contributed by atoms with Crippen molar-refractivity contribution in [3.8, 4) is 17.0 Å². The summed E-state index contributed by atoms with van der Waals surface area (Å²) >= 11 is 0. The highest BCUT2D eigenvalue weighted by atomic mass is 16.5. The third kappa shape index (κ3) is 1.88. The monoisotopic (exact) mass is 247 g/mol. The highest BCUT2D eigenvalue weighted by molar-refractivity contribution is 5.99. The van der Waals surface area contributed by atoms with Crippen LogP contribution in [0.3, 0.4) is 0 Å². The normalized spacial score (nSPS) is 10.3. The predicted octanol–water partition coefficient (Wildman–Crippen LogP) is 1.38. The van der Waals surface area contributed by atoms with Gasteiger partial charge in [0.1, 0.15) is 22.8 Å². The van der Waals surface area contributed by atoms with Crippen LogP contribution in [0.2, 0.25) is 0 Å². The Morgan fingerprint density at radius 2 is 2.22 bits per heavy atom. The van der Waals surface area contributed by atoms with E-state index in [0.29, 0.717) is 17.0 Å². The molecule has 2 rings (SSSR count). The SMILES string of the molecule is COc1cccc(-c2nn(C)c(N)c2C(=O)O)c1. The van der Waals surface area contributed by atoms with E-state index >= 15 is 0 Å². The number of nitrogen functional groups attached to an aromatic ring is 1. The van der Waals surface area contributed by atoms with Gasteiger partial charge in [-0.3, -0.25) is 4.68 Å². The summed E-state index contributed by atoms with van der Waals surface area (Å²) in [6.07, 6.45) is 0. The van der Waals surface area contributed by atoms with Crippen LogP contribution >= 0.6 is 0 Å². The molecular formula is C12H13N3O3. The number of hydrogen-bond acceptors (Lipinski definition) is 4. The molecule has 0 fully saturated rings. The zero-order valence-electron chi connectivity index (χ0n) is 10.0. The van der Waals surface area contributed by atoms with Crippen molar-refractivity contribution in [2.24, 2.45) is 7.05 Å². The van der Waals surface area contributed by atoms with Gasteiger partial charge >= 0.3 is 5.97 Å². The molecule has 2 aromatic rings. The maximum absolute atomic E-state index is 11.2. The summed E-state index contributed by atoms with van der Waals surface area (Å²) in [6, 6.07) is 7.02. The molecule has 6 nitrogen and oxygen atoms in total. The molecule has 0 bridgehead atoms. The Labute approximate surface area is 104 Å². The summed E-state index contributed by atoms with van der Waals surface area (Å²) < 4.78 is 6.45. The Bertz CT molecular complexity index is 605. The molecule has 0 amide bonds. The first kappa shape index (κ1) is 12.0. The second kappa shape index (κ2) is 4.40. The van der Waals surface area contributed by atoms with Crippen LogP contribution in [0.15, 0.2) is 24.3 Å². The Morgan fingerprint density at radius 3 is 2.83 bits per heavy atom. The first-order chi connectivity index (χ1) is 8.54. The lowest BCUT2D eigenvalue weighted by Gasteiger charge is -2.02. The fourth-order valence-corrected chi connectivity index (χ4v) is 1.72. The molecule has 1 heterocycles. The Kier molecular flexibility index (Phi) is 2.93. The van der Waals surface area contributed by atoms with Gasteiger partial charge < -0.3 is 15.6 Å². The first-order valence-electron chi connectivity index (χ1n) is 5.24. The molecule has 1 aromatic carbocycles. The van der Waals surface area contributed by atoms with Gasteiger partial charge in [-0.15, -0.1) is 0 Å². The Balaban J connectivity index is 2.63. The van der Waals surface area contributed by atoms with Crippen LogP contribution in [-0.2, 0) is 7.05 Å². The van der Waals surface area contributed by atoms with Gasteiger partial charge in [-0.1, -0.05) is 12.1 Å². The van der Waals surface area contributed by atoms with Crippen LogP contribution < -0.4 is 10.5 Å². The number of hydrogen-bond donors (Lipinski definition) is 2. The topological polar surface area (TPSA) is 90.4 Å². The minimum atomic E-state index is -1.10. The number of aromatic nitrogens is 2. The van der Waals surface area contributed by atoms with Crippen LogP contribution in [0, 0.1) is 0 Å². The van der Waals surface area contributed by atoms with E-state index in [2.05, 4.69) is 5.10 Å². The first-order valence-corrected chi connectivity index (χ1v) is 5.24. The summed E-state index contributed by atoms with van der Waals surface area (Å²) in [6.45, 7) is 0. The van der Waals surface area contributed by atoms with Gasteiger partial charge in [0.25, 0.3) is 0 Å². The van der Waals surface area contributed by atoms with E-state index in [1.54, 1.807) is 38.4 Å². The number of nitrogens with two attached hydrogens (primary N) is 1. The lowest BCUT2D eigenvalue weighted by molar-refractivity contribution is 0.0699. The predicted molar refractivity (Wildman–Crippen MR) is 66.6 cm³/mol. The fraction of sp³-hybridized carbons (Fsp3) is 0.167. The standard InChI is InChI=1S/C12H13N3O3/c1-15-11(13)9(12(16)17)10(14-15)7-4-3-5-8(6-7)18-2/h3-6H,13H2,1-2H3,(H,16,17). The molecule has 6 heteroatoms. The number of anilines is 1. The molecule has 0 saturated heterocycles. The van der Waals surface area contributed by atoms with Crippen molar-refractivity contribution in [2.75, 3.05) is 12.8 Å². The molecule has 0 unspecified atom stereocenters. The van der Waals surface area contributed by atoms with E-state index in [0.717, 1.165) is 0 Å². The molecule has 0 spiro atoms. The molecule has 1 aromatic heterocycles. The number of ether oxygens (including phenoxy) is 1. The lowest BCUT2D eigenvalue weighted by atomic mass is 10.1. The van der Waals surface area contributed by atoms with Gasteiger partial charge in [-0.2, -0.15) is 5.10 Å². The second-order valence-corrected chi connectivity index (χ2v) is 3.77. The van der Waals surface area contributed by atoms with Gasteiger partial charge in [0, 0.05) is 12.6 Å². The number of rotatable bonds is 3. The summed E-state index contributed by atoms with van der Waals surface area (Å²) in [5.41, 5.74) is 6.69. The van der Waals surface area contributed by atoms with Crippen LogP contribution in [0.5, 0.6) is 5.75 Å². The van der Waals surface area contributed by atoms with Crippen LogP contribution in [-0.4, -0.2) is 28.0 Å². The van der Waals surface area contributed by atoms with Crippen molar-refractivity contribution in [3.05, 3.63) is 29.8 Å². The molecular weight excluding hydrogens is 234 g/mol. The number of benzene rings is 1. The minimum absolute atomic E-state index is 0.00533. The Morgan fingerprint density at radius 1 is 1.50 bits per heavy atom. The van der Waals surface area contributed by atoms with Crippen molar-refractivity contribution in [1.82, 2.24) is 9.78 Å². The van der Waals surface area contributed by atoms with E-state index in [-0.39, 0.29) is 11.4 Å². The zero-order valence-corrected chi connectivity index (χ0v) is 10.0. The molecule has 3 N–H and O–H groups in total. The lowest BCUT2D eigenvalue weighted by Crippen LogP contribution is -2.04. The van der Waals surface area contributed by atoms with Gasteiger partial charge in [-0.05, 0) is 12.1 Å². The van der Waals surface area contributed by atoms with E-state index in [9.17, 15) is 9.90 Å². The van der Waals surface area contributed by atoms with Crippen molar-refractivity contribution in [1.29, 1.82) is 0 Å². The van der Waals surface area contributed by atoms with E-state index < -0.39 is 5.97 Å². The van der Waals surface area contributed by atoms with Gasteiger partial charge in [0.2, 0.25) is 0 Å². The smallest absolute Gasteiger partial charge is 0.341 e. The van der Waals surface area contributed by atoms with Crippen molar-refractivity contribution >= 4 is 11.8 Å². The van der Waals surface area contributed by atoms with Gasteiger partial charge in [0.05, 0.1) is 7.11 Å². The molecule has 0 saturated carbocycles. The number of aryl methyl sites for hydroxylation is 1. The quantitative estimate of drug-likeness (QED) is 0.855. The summed E-state index contributed by atoms with van der Waals surface area (Å²) in [7, 11) is 3.15. The maximum atomic E-state index is 11.2. The van der Waals surface area contributed by atoms with Crippen LogP contribution in [0.1, 0.15) is 10.4 Å². The molecule has 0 aliphatic carbocycles. The second-order valence-electron chi connectivity index (χ2n) is 3.77. The van der Waals surface area contributed by atoms with Crippen molar-refractivity contribution < 1.29 is 14.6 Å². The van der Waals surface area contributed by atoms with E-state index in [1.165, 1.54) is 4.68 Å². The van der Waals surface area contributed by atoms with Crippen molar-refractivity contribution in [3.63, 3.8) is 0 Å². The number of carboxylic acids is 1. The number of aromatic carboxylic acids is 1. The summed E-state index contributed by atoms with van der Waals surface area (Å²) in [5.74, 6) is -0.341.